The summed E-state index contributed by atoms with van der Waals surface area (Å²) in [7, 11) is 0. The summed E-state index contributed by atoms with van der Waals surface area (Å²) in [5, 5.41) is 2.81. The lowest BCUT2D eigenvalue weighted by molar-refractivity contribution is -0.117. The van der Waals surface area contributed by atoms with Gasteiger partial charge in [-0.3, -0.25) is 9.78 Å². The summed E-state index contributed by atoms with van der Waals surface area (Å²) in [6, 6.07) is 10.6. The topological polar surface area (TPSA) is 77.2 Å². The van der Waals surface area contributed by atoms with E-state index < -0.39 is 6.04 Å². The number of hydrogen-bond acceptors (Lipinski definition) is 4. The number of nitrogens with one attached hydrogen (secondary N) is 1. The average molecular weight is 299 g/mol. The van der Waals surface area contributed by atoms with Gasteiger partial charge >= 0.3 is 0 Å². The van der Waals surface area contributed by atoms with Crippen LogP contribution >= 0.6 is 0 Å². The summed E-state index contributed by atoms with van der Waals surface area (Å²) in [6.45, 7) is 2.43. The van der Waals surface area contributed by atoms with E-state index in [1.807, 2.05) is 37.3 Å². The number of pyridine rings is 1. The zero-order chi connectivity index (χ0) is 15.8. The molecule has 0 bridgehead atoms. The Morgan fingerprint density at radius 1 is 1.36 bits per heavy atom. The van der Waals surface area contributed by atoms with Crippen LogP contribution in [-0.2, 0) is 11.4 Å². The van der Waals surface area contributed by atoms with Crippen LogP contribution in [0.2, 0.25) is 0 Å². The van der Waals surface area contributed by atoms with E-state index in [-0.39, 0.29) is 5.91 Å². The number of aromatic nitrogens is 1. The third kappa shape index (κ3) is 4.86. The van der Waals surface area contributed by atoms with Crippen molar-refractivity contribution in [2.75, 3.05) is 5.32 Å². The fraction of sp³-hybridized carbons (Fsp3) is 0.294. The molecule has 0 saturated heterocycles. The number of rotatable bonds is 7. The summed E-state index contributed by atoms with van der Waals surface area (Å²) < 4.78 is 5.70. The molecule has 2 rings (SSSR count). The van der Waals surface area contributed by atoms with Crippen LogP contribution in [0.25, 0.3) is 0 Å². The summed E-state index contributed by atoms with van der Waals surface area (Å²) in [5.41, 5.74) is 7.47. The Kier molecular flexibility index (Phi) is 5.91. The first-order valence-corrected chi connectivity index (χ1v) is 7.37. The van der Waals surface area contributed by atoms with E-state index in [2.05, 4.69) is 10.3 Å². The molecule has 3 N–H and O–H groups in total. The van der Waals surface area contributed by atoms with Gasteiger partial charge in [0.15, 0.2) is 0 Å². The Hall–Kier alpha value is -2.40. The van der Waals surface area contributed by atoms with E-state index >= 15 is 0 Å². The molecule has 0 aliphatic rings. The maximum Gasteiger partial charge on any atom is 0.241 e. The smallest absolute Gasteiger partial charge is 0.241 e. The summed E-state index contributed by atoms with van der Waals surface area (Å²) in [4.78, 5) is 15.9. The molecule has 0 spiro atoms. The van der Waals surface area contributed by atoms with Crippen LogP contribution < -0.4 is 15.8 Å². The lowest BCUT2D eigenvalue weighted by Gasteiger charge is -2.12. The van der Waals surface area contributed by atoms with Crippen molar-refractivity contribution in [3.63, 3.8) is 0 Å². The Morgan fingerprint density at radius 3 is 2.95 bits per heavy atom. The molecule has 1 heterocycles. The number of benzene rings is 1. The van der Waals surface area contributed by atoms with Gasteiger partial charge in [-0.15, -0.1) is 0 Å². The van der Waals surface area contributed by atoms with Gasteiger partial charge in [0.1, 0.15) is 12.4 Å². The summed E-state index contributed by atoms with van der Waals surface area (Å²) in [6.07, 6.45) is 5.03. The third-order valence-electron chi connectivity index (χ3n) is 3.17. The average Bonchev–Trinajstić information content (AvgIpc) is 2.54. The molecule has 116 valence electrons. The molecule has 1 aromatic carbocycles. The zero-order valence-electron chi connectivity index (χ0n) is 12.7. The van der Waals surface area contributed by atoms with E-state index in [1.54, 1.807) is 18.5 Å². The van der Waals surface area contributed by atoms with Crippen molar-refractivity contribution in [3.05, 3.63) is 54.4 Å². The minimum atomic E-state index is -0.482. The molecule has 1 amide bonds. The molecule has 22 heavy (non-hydrogen) atoms. The van der Waals surface area contributed by atoms with E-state index in [4.69, 9.17) is 10.5 Å². The van der Waals surface area contributed by atoms with Crippen molar-refractivity contribution in [1.29, 1.82) is 0 Å². The van der Waals surface area contributed by atoms with Crippen molar-refractivity contribution in [2.24, 2.45) is 5.73 Å². The van der Waals surface area contributed by atoms with Crippen molar-refractivity contribution in [3.8, 4) is 5.75 Å². The second-order valence-corrected chi connectivity index (χ2v) is 5.06. The van der Waals surface area contributed by atoms with Crippen LogP contribution in [0.4, 0.5) is 5.69 Å². The van der Waals surface area contributed by atoms with Gasteiger partial charge in [-0.1, -0.05) is 25.5 Å². The highest BCUT2D eigenvalue weighted by atomic mass is 16.5. The second-order valence-electron chi connectivity index (χ2n) is 5.06. The predicted octanol–water partition coefficient (Wildman–Crippen LogP) is 2.73. The SMILES string of the molecule is CCCC(N)C(=O)Nc1cccc(OCc2cccnc2)c1. The maximum absolute atomic E-state index is 11.9. The first-order valence-electron chi connectivity index (χ1n) is 7.37. The van der Waals surface area contributed by atoms with Crippen molar-refractivity contribution < 1.29 is 9.53 Å². The lowest BCUT2D eigenvalue weighted by atomic mass is 10.1. The number of nitrogens with two attached hydrogens (primary N) is 1. The quantitative estimate of drug-likeness (QED) is 0.824. The number of ether oxygens (including phenoxy) is 1. The molecule has 0 fully saturated rings. The molecule has 0 aliphatic heterocycles. The first-order chi connectivity index (χ1) is 10.7. The van der Waals surface area contributed by atoms with Gasteiger partial charge in [0.05, 0.1) is 6.04 Å². The number of amides is 1. The van der Waals surface area contributed by atoms with Crippen LogP contribution in [0.15, 0.2) is 48.8 Å². The molecule has 2 aromatic rings. The third-order valence-corrected chi connectivity index (χ3v) is 3.17. The maximum atomic E-state index is 11.9. The van der Waals surface area contributed by atoms with E-state index in [0.29, 0.717) is 24.5 Å². The number of nitrogens with zero attached hydrogens (tertiary/aromatic N) is 1. The summed E-state index contributed by atoms with van der Waals surface area (Å²) in [5.74, 6) is 0.511. The van der Waals surface area contributed by atoms with Gasteiger partial charge in [-0.2, -0.15) is 0 Å². The standard InChI is InChI=1S/C17H21N3O2/c1-2-5-16(18)17(21)20-14-7-3-8-15(10-14)22-12-13-6-4-9-19-11-13/h3-4,6-11,16H,2,5,12,18H2,1H3,(H,20,21). The highest BCUT2D eigenvalue weighted by Gasteiger charge is 2.12. The van der Waals surface area contributed by atoms with Crippen molar-refractivity contribution in [1.82, 2.24) is 4.98 Å². The Morgan fingerprint density at radius 2 is 2.23 bits per heavy atom. The van der Waals surface area contributed by atoms with E-state index in [1.165, 1.54) is 0 Å². The fourth-order valence-corrected chi connectivity index (χ4v) is 1.99. The van der Waals surface area contributed by atoms with Gasteiger partial charge in [0.2, 0.25) is 5.91 Å². The number of anilines is 1. The van der Waals surface area contributed by atoms with Crippen LogP contribution in [0, 0.1) is 0 Å². The molecular weight excluding hydrogens is 278 g/mol. The van der Waals surface area contributed by atoms with Crippen LogP contribution in [-0.4, -0.2) is 16.9 Å². The van der Waals surface area contributed by atoms with Crippen molar-refractivity contribution >= 4 is 11.6 Å². The second kappa shape index (κ2) is 8.14. The largest absolute Gasteiger partial charge is 0.489 e. The highest BCUT2D eigenvalue weighted by molar-refractivity contribution is 5.94. The minimum absolute atomic E-state index is 0.175. The monoisotopic (exact) mass is 299 g/mol. The fourth-order valence-electron chi connectivity index (χ4n) is 1.99. The van der Waals surface area contributed by atoms with E-state index in [9.17, 15) is 4.79 Å². The molecule has 0 radical (unpaired) electrons. The van der Waals surface area contributed by atoms with Crippen LogP contribution in [0.1, 0.15) is 25.3 Å². The number of carbonyl (C=O) groups is 1. The number of hydrogen-bond donors (Lipinski definition) is 2. The molecule has 1 atom stereocenters. The zero-order valence-corrected chi connectivity index (χ0v) is 12.7. The van der Waals surface area contributed by atoms with Gasteiger partial charge in [0.25, 0.3) is 0 Å². The highest BCUT2D eigenvalue weighted by Crippen LogP contribution is 2.18. The van der Waals surface area contributed by atoms with Gasteiger partial charge in [-0.05, 0) is 24.6 Å². The first kappa shape index (κ1) is 16.0. The molecule has 5 nitrogen and oxygen atoms in total. The Labute approximate surface area is 130 Å². The predicted molar refractivity (Wildman–Crippen MR) is 86.5 cm³/mol. The van der Waals surface area contributed by atoms with Crippen LogP contribution in [0.5, 0.6) is 5.75 Å². The molecule has 0 saturated carbocycles. The normalized spacial score (nSPS) is 11.7. The summed E-state index contributed by atoms with van der Waals surface area (Å²) >= 11 is 0. The Bertz CT molecular complexity index is 602. The van der Waals surface area contributed by atoms with E-state index in [0.717, 1.165) is 12.0 Å². The Balaban J connectivity index is 1.93. The lowest BCUT2D eigenvalue weighted by Crippen LogP contribution is -2.35. The molecule has 5 heteroatoms. The van der Waals surface area contributed by atoms with Gasteiger partial charge < -0.3 is 15.8 Å². The van der Waals surface area contributed by atoms with Crippen LogP contribution in [0.3, 0.4) is 0 Å². The van der Waals surface area contributed by atoms with Gasteiger partial charge in [-0.25, -0.2) is 0 Å². The molecule has 0 aliphatic carbocycles. The minimum Gasteiger partial charge on any atom is -0.489 e. The molecule has 1 unspecified atom stereocenters. The van der Waals surface area contributed by atoms with Gasteiger partial charge in [0, 0.05) is 29.7 Å². The molecular formula is C17H21N3O2. The number of carbonyl (C=O) groups excluding carboxylic acids is 1. The van der Waals surface area contributed by atoms with Crippen molar-refractivity contribution in [2.45, 2.75) is 32.4 Å². The molecule has 1 aromatic heterocycles.